The standard InChI is InChI=1S/C16H12BrClN4O3/c1-21(13-4-3-9(18)5-10(13)16(24)25-2)15(23)12-6-14-11(17)7-20-22(14)8-19-12/h3-8H,1-2H3. The van der Waals surface area contributed by atoms with Crippen LogP contribution in [0, 0.1) is 0 Å². The quantitative estimate of drug-likeness (QED) is 0.605. The number of rotatable bonds is 3. The second-order valence-corrected chi connectivity index (χ2v) is 6.40. The molecule has 1 aromatic carbocycles. The van der Waals surface area contributed by atoms with E-state index >= 15 is 0 Å². The maximum absolute atomic E-state index is 12.8. The number of anilines is 1. The Morgan fingerprint density at radius 3 is 2.80 bits per heavy atom. The second kappa shape index (κ2) is 6.81. The van der Waals surface area contributed by atoms with Crippen molar-refractivity contribution in [2.45, 2.75) is 0 Å². The first kappa shape index (κ1) is 17.4. The fourth-order valence-corrected chi connectivity index (χ4v) is 2.89. The molecule has 7 nitrogen and oxygen atoms in total. The highest BCUT2D eigenvalue weighted by Gasteiger charge is 2.22. The number of nitrogens with zero attached hydrogens (tertiary/aromatic N) is 4. The summed E-state index contributed by atoms with van der Waals surface area (Å²) in [6.45, 7) is 0. The lowest BCUT2D eigenvalue weighted by molar-refractivity contribution is 0.0601. The maximum atomic E-state index is 12.8. The van der Waals surface area contributed by atoms with E-state index < -0.39 is 5.97 Å². The summed E-state index contributed by atoms with van der Waals surface area (Å²) in [6.07, 6.45) is 3.06. The van der Waals surface area contributed by atoms with E-state index in [1.807, 2.05) is 0 Å². The van der Waals surface area contributed by atoms with Crippen molar-refractivity contribution in [1.29, 1.82) is 0 Å². The number of benzene rings is 1. The van der Waals surface area contributed by atoms with Gasteiger partial charge in [-0.2, -0.15) is 5.10 Å². The maximum Gasteiger partial charge on any atom is 0.340 e. The summed E-state index contributed by atoms with van der Waals surface area (Å²) in [6, 6.07) is 6.25. The molecule has 0 spiro atoms. The van der Waals surface area contributed by atoms with Crippen LogP contribution in [-0.2, 0) is 4.74 Å². The summed E-state index contributed by atoms with van der Waals surface area (Å²) in [5.41, 5.74) is 1.48. The monoisotopic (exact) mass is 422 g/mol. The Balaban J connectivity index is 2.02. The summed E-state index contributed by atoms with van der Waals surface area (Å²) >= 11 is 9.32. The third-order valence-corrected chi connectivity index (χ3v) is 4.46. The third-order valence-electron chi connectivity index (χ3n) is 3.62. The zero-order chi connectivity index (χ0) is 18.1. The molecule has 9 heteroatoms. The summed E-state index contributed by atoms with van der Waals surface area (Å²) in [5, 5.41) is 4.45. The first-order valence-electron chi connectivity index (χ1n) is 7.07. The Kier molecular flexibility index (Phi) is 4.73. The number of amides is 1. The van der Waals surface area contributed by atoms with Crippen LogP contribution in [0.3, 0.4) is 0 Å². The van der Waals surface area contributed by atoms with E-state index in [2.05, 4.69) is 26.0 Å². The molecule has 1 amide bonds. The fourth-order valence-electron chi connectivity index (χ4n) is 2.33. The Morgan fingerprint density at radius 1 is 1.32 bits per heavy atom. The first-order chi connectivity index (χ1) is 11.9. The zero-order valence-electron chi connectivity index (χ0n) is 13.2. The highest BCUT2D eigenvalue weighted by molar-refractivity contribution is 9.10. The van der Waals surface area contributed by atoms with Crippen molar-refractivity contribution in [2.75, 3.05) is 19.1 Å². The van der Waals surface area contributed by atoms with Gasteiger partial charge >= 0.3 is 5.97 Å². The minimum absolute atomic E-state index is 0.192. The van der Waals surface area contributed by atoms with Gasteiger partial charge in [-0.15, -0.1) is 0 Å². The summed E-state index contributed by atoms with van der Waals surface area (Å²) in [5.74, 6) is -0.970. The van der Waals surface area contributed by atoms with E-state index in [-0.39, 0.29) is 17.2 Å². The molecule has 0 unspecified atom stereocenters. The van der Waals surface area contributed by atoms with Crippen LogP contribution in [-0.4, -0.2) is 40.6 Å². The van der Waals surface area contributed by atoms with Gasteiger partial charge in [-0.3, -0.25) is 4.79 Å². The zero-order valence-corrected chi connectivity index (χ0v) is 15.6. The normalized spacial score (nSPS) is 10.7. The number of ether oxygens (including phenoxy) is 1. The Hall–Kier alpha value is -2.45. The lowest BCUT2D eigenvalue weighted by Gasteiger charge is -2.19. The smallest absolute Gasteiger partial charge is 0.340 e. The molecule has 0 fully saturated rings. The summed E-state index contributed by atoms with van der Waals surface area (Å²) in [7, 11) is 2.82. The highest BCUT2D eigenvalue weighted by atomic mass is 79.9. The van der Waals surface area contributed by atoms with Crippen LogP contribution < -0.4 is 4.90 Å². The number of methoxy groups -OCH3 is 1. The number of carbonyl (C=O) groups excluding carboxylic acids is 2. The van der Waals surface area contributed by atoms with E-state index in [1.165, 1.54) is 24.4 Å². The van der Waals surface area contributed by atoms with Crippen molar-refractivity contribution >= 4 is 50.6 Å². The van der Waals surface area contributed by atoms with Gasteiger partial charge in [0.2, 0.25) is 0 Å². The molecule has 0 aliphatic rings. The van der Waals surface area contributed by atoms with E-state index in [0.717, 1.165) is 4.47 Å². The predicted octanol–water partition coefficient (Wildman–Crippen LogP) is 3.21. The summed E-state index contributed by atoms with van der Waals surface area (Å²) < 4.78 is 7.05. The molecule has 0 aliphatic heterocycles. The van der Waals surface area contributed by atoms with Gasteiger partial charge in [-0.05, 0) is 40.2 Å². The van der Waals surface area contributed by atoms with Crippen molar-refractivity contribution < 1.29 is 14.3 Å². The van der Waals surface area contributed by atoms with Crippen LogP contribution in [0.15, 0.2) is 41.3 Å². The van der Waals surface area contributed by atoms with E-state index in [9.17, 15) is 9.59 Å². The van der Waals surface area contributed by atoms with Crippen LogP contribution in [0.5, 0.6) is 0 Å². The van der Waals surface area contributed by atoms with Gasteiger partial charge in [0, 0.05) is 12.1 Å². The number of hydrogen-bond donors (Lipinski definition) is 0. The van der Waals surface area contributed by atoms with Crippen LogP contribution in [0.4, 0.5) is 5.69 Å². The largest absolute Gasteiger partial charge is 0.465 e. The molecule has 3 aromatic rings. The van der Waals surface area contributed by atoms with Crippen LogP contribution >= 0.6 is 27.5 Å². The average molecular weight is 424 g/mol. The van der Waals surface area contributed by atoms with Crippen LogP contribution in [0.2, 0.25) is 5.02 Å². The van der Waals surface area contributed by atoms with Crippen LogP contribution in [0.1, 0.15) is 20.8 Å². The Morgan fingerprint density at radius 2 is 2.08 bits per heavy atom. The third kappa shape index (κ3) is 3.22. The number of hydrogen-bond acceptors (Lipinski definition) is 5. The molecule has 25 heavy (non-hydrogen) atoms. The lowest BCUT2D eigenvalue weighted by atomic mass is 10.1. The molecule has 128 valence electrons. The topological polar surface area (TPSA) is 76.8 Å². The molecular weight excluding hydrogens is 412 g/mol. The predicted molar refractivity (Wildman–Crippen MR) is 96.2 cm³/mol. The molecule has 0 N–H and O–H groups in total. The van der Waals surface area contributed by atoms with E-state index in [1.54, 1.807) is 36.0 Å². The van der Waals surface area contributed by atoms with Crippen molar-refractivity contribution in [2.24, 2.45) is 0 Å². The van der Waals surface area contributed by atoms with Gasteiger partial charge in [-0.1, -0.05) is 11.6 Å². The number of halogens is 2. The van der Waals surface area contributed by atoms with Crippen molar-refractivity contribution in [3.8, 4) is 0 Å². The molecule has 0 atom stereocenters. The van der Waals surface area contributed by atoms with Crippen LogP contribution in [0.25, 0.3) is 5.52 Å². The molecule has 0 radical (unpaired) electrons. The first-order valence-corrected chi connectivity index (χ1v) is 8.24. The van der Waals surface area contributed by atoms with Gasteiger partial charge in [-0.25, -0.2) is 14.3 Å². The molecule has 2 heterocycles. The minimum atomic E-state index is -0.584. The molecule has 3 rings (SSSR count). The lowest BCUT2D eigenvalue weighted by Crippen LogP contribution is -2.29. The van der Waals surface area contributed by atoms with Gasteiger partial charge in [0.15, 0.2) is 0 Å². The highest BCUT2D eigenvalue weighted by Crippen LogP contribution is 2.26. The fraction of sp³-hybridized carbons (Fsp3) is 0.125. The van der Waals surface area contributed by atoms with Crippen molar-refractivity contribution in [3.63, 3.8) is 0 Å². The van der Waals surface area contributed by atoms with E-state index in [0.29, 0.717) is 16.2 Å². The molecule has 0 saturated heterocycles. The molecule has 0 aliphatic carbocycles. The molecule has 2 aromatic heterocycles. The Bertz CT molecular complexity index is 989. The Labute approximate surface area is 156 Å². The number of carbonyl (C=O) groups is 2. The average Bonchev–Trinajstić information content (AvgIpc) is 3.00. The van der Waals surface area contributed by atoms with Gasteiger partial charge in [0.1, 0.15) is 12.0 Å². The number of fused-ring (bicyclic) bond motifs is 1. The molecule has 0 saturated carbocycles. The van der Waals surface area contributed by atoms with E-state index in [4.69, 9.17) is 16.3 Å². The number of esters is 1. The summed E-state index contributed by atoms with van der Waals surface area (Å²) in [4.78, 5) is 30.2. The van der Waals surface area contributed by atoms with Gasteiger partial charge in [0.25, 0.3) is 5.91 Å². The van der Waals surface area contributed by atoms with Crippen molar-refractivity contribution in [1.82, 2.24) is 14.6 Å². The minimum Gasteiger partial charge on any atom is -0.465 e. The second-order valence-electron chi connectivity index (χ2n) is 5.11. The molecular formula is C16H12BrClN4O3. The van der Waals surface area contributed by atoms with Crippen molar-refractivity contribution in [3.05, 3.63) is 57.5 Å². The molecule has 0 bridgehead atoms. The SMILES string of the molecule is COC(=O)c1cc(Cl)ccc1N(C)C(=O)c1cc2c(Br)cnn2cn1. The van der Waals surface area contributed by atoms with Gasteiger partial charge < -0.3 is 9.64 Å². The van der Waals surface area contributed by atoms with Gasteiger partial charge in [0.05, 0.1) is 34.5 Å². The number of aromatic nitrogens is 3.